The number of nitrogens with zero attached hydrogens (tertiary/aromatic N) is 1. The van der Waals surface area contributed by atoms with E-state index in [0.717, 1.165) is 13.0 Å². The van der Waals surface area contributed by atoms with Crippen LogP contribution in [0.3, 0.4) is 0 Å². The number of benzene rings is 1. The Labute approximate surface area is 115 Å². The summed E-state index contributed by atoms with van der Waals surface area (Å²) in [6.07, 6.45) is 0.980. The second-order valence-electron chi connectivity index (χ2n) is 4.73. The van der Waals surface area contributed by atoms with E-state index in [1.165, 1.54) is 12.1 Å². The molecule has 1 aromatic carbocycles. The molecule has 7 heteroatoms. The molecule has 0 amide bonds. The molecule has 2 N–H and O–H groups in total. The first-order valence-corrected chi connectivity index (χ1v) is 6.37. The lowest BCUT2D eigenvalue weighted by Crippen LogP contribution is -2.23. The van der Waals surface area contributed by atoms with Crippen LogP contribution in [0.15, 0.2) is 18.2 Å². The Morgan fingerprint density at radius 2 is 2.35 bits per heavy atom. The Kier molecular flexibility index (Phi) is 4.65. The monoisotopic (exact) mass is 280 g/mol. The standard InChI is InChI=1S/C13H16N2O5/c16-13(17)12-10(2-1-3-11(12)15(18)19)7-14-6-9-4-5-20-8-9/h1-3,9,14H,4-8H2,(H,16,17). The number of rotatable bonds is 6. The molecular formula is C13H16N2O5. The van der Waals surface area contributed by atoms with Crippen LogP contribution in [0, 0.1) is 16.0 Å². The predicted octanol–water partition coefficient (Wildman–Crippen LogP) is 1.42. The number of nitro benzene ring substituents is 1. The number of carbonyl (C=O) groups is 1. The Balaban J connectivity index is 2.08. The van der Waals surface area contributed by atoms with Crippen LogP contribution in [0.25, 0.3) is 0 Å². The van der Waals surface area contributed by atoms with E-state index in [2.05, 4.69) is 5.32 Å². The van der Waals surface area contributed by atoms with E-state index in [1.54, 1.807) is 6.07 Å². The van der Waals surface area contributed by atoms with Gasteiger partial charge in [0.25, 0.3) is 5.69 Å². The van der Waals surface area contributed by atoms with Crippen molar-refractivity contribution in [3.63, 3.8) is 0 Å². The molecule has 1 unspecified atom stereocenters. The largest absolute Gasteiger partial charge is 0.477 e. The van der Waals surface area contributed by atoms with Crippen molar-refractivity contribution in [1.82, 2.24) is 5.32 Å². The molecule has 1 saturated heterocycles. The summed E-state index contributed by atoms with van der Waals surface area (Å²) in [6, 6.07) is 4.30. The van der Waals surface area contributed by atoms with Gasteiger partial charge in [-0.25, -0.2) is 4.79 Å². The van der Waals surface area contributed by atoms with Crippen molar-refractivity contribution in [3.8, 4) is 0 Å². The van der Waals surface area contributed by atoms with Crippen LogP contribution >= 0.6 is 0 Å². The molecule has 1 aliphatic rings. The highest BCUT2D eigenvalue weighted by atomic mass is 16.6. The molecule has 1 atom stereocenters. The summed E-state index contributed by atoms with van der Waals surface area (Å²) >= 11 is 0. The van der Waals surface area contributed by atoms with Crippen molar-refractivity contribution >= 4 is 11.7 Å². The summed E-state index contributed by atoms with van der Waals surface area (Å²) < 4.78 is 5.25. The average Bonchev–Trinajstić information content (AvgIpc) is 2.91. The van der Waals surface area contributed by atoms with Gasteiger partial charge in [0.1, 0.15) is 5.56 Å². The molecule has 7 nitrogen and oxygen atoms in total. The molecule has 0 saturated carbocycles. The summed E-state index contributed by atoms with van der Waals surface area (Å²) in [6.45, 7) is 2.46. The number of hydrogen-bond acceptors (Lipinski definition) is 5. The molecule has 1 aromatic rings. The van der Waals surface area contributed by atoms with Gasteiger partial charge in [-0.05, 0) is 17.9 Å². The fraction of sp³-hybridized carbons (Fsp3) is 0.462. The lowest BCUT2D eigenvalue weighted by atomic mass is 10.0. The van der Waals surface area contributed by atoms with Gasteiger partial charge < -0.3 is 15.2 Å². The molecule has 0 aliphatic carbocycles. The molecule has 1 heterocycles. The van der Waals surface area contributed by atoms with Crippen LogP contribution in [0.5, 0.6) is 0 Å². The summed E-state index contributed by atoms with van der Waals surface area (Å²) in [7, 11) is 0. The molecule has 1 fully saturated rings. The zero-order valence-corrected chi connectivity index (χ0v) is 10.9. The fourth-order valence-electron chi connectivity index (χ4n) is 2.29. The number of carboxylic acids is 1. The van der Waals surface area contributed by atoms with Crippen LogP contribution in [-0.4, -0.2) is 35.8 Å². The van der Waals surface area contributed by atoms with E-state index < -0.39 is 10.9 Å². The van der Waals surface area contributed by atoms with Gasteiger partial charge in [-0.3, -0.25) is 10.1 Å². The van der Waals surface area contributed by atoms with Crippen molar-refractivity contribution in [2.24, 2.45) is 5.92 Å². The minimum atomic E-state index is -1.28. The van der Waals surface area contributed by atoms with Gasteiger partial charge in [-0.1, -0.05) is 12.1 Å². The minimum absolute atomic E-state index is 0.243. The fourth-order valence-corrected chi connectivity index (χ4v) is 2.29. The summed E-state index contributed by atoms with van der Waals surface area (Å²) in [5.74, 6) is -0.861. The highest BCUT2D eigenvalue weighted by Crippen LogP contribution is 2.22. The van der Waals surface area contributed by atoms with E-state index in [0.29, 0.717) is 31.2 Å². The SMILES string of the molecule is O=C(O)c1c(CNCC2CCOC2)cccc1[N+](=O)[O-]. The van der Waals surface area contributed by atoms with Gasteiger partial charge in [0, 0.05) is 25.8 Å². The predicted molar refractivity (Wildman–Crippen MR) is 70.7 cm³/mol. The Morgan fingerprint density at radius 3 is 2.95 bits per heavy atom. The third-order valence-electron chi connectivity index (χ3n) is 3.31. The second-order valence-corrected chi connectivity index (χ2v) is 4.73. The van der Waals surface area contributed by atoms with Crippen molar-refractivity contribution in [2.45, 2.75) is 13.0 Å². The van der Waals surface area contributed by atoms with Gasteiger partial charge >= 0.3 is 5.97 Å². The van der Waals surface area contributed by atoms with Crippen LogP contribution in [0.1, 0.15) is 22.3 Å². The Hall–Kier alpha value is -1.99. The minimum Gasteiger partial charge on any atom is -0.477 e. The Morgan fingerprint density at radius 1 is 1.55 bits per heavy atom. The van der Waals surface area contributed by atoms with Crippen molar-refractivity contribution < 1.29 is 19.6 Å². The molecule has 2 rings (SSSR count). The van der Waals surface area contributed by atoms with Crippen LogP contribution in [-0.2, 0) is 11.3 Å². The molecule has 1 aliphatic heterocycles. The van der Waals surface area contributed by atoms with E-state index in [-0.39, 0.29) is 11.3 Å². The van der Waals surface area contributed by atoms with Gasteiger partial charge in [0.05, 0.1) is 11.5 Å². The quantitative estimate of drug-likeness (QED) is 0.603. The maximum atomic E-state index is 11.2. The first-order valence-electron chi connectivity index (χ1n) is 6.37. The summed E-state index contributed by atoms with van der Waals surface area (Å²) in [4.78, 5) is 21.4. The molecule has 20 heavy (non-hydrogen) atoms. The summed E-state index contributed by atoms with van der Waals surface area (Å²) in [5, 5.41) is 23.2. The zero-order chi connectivity index (χ0) is 14.5. The zero-order valence-electron chi connectivity index (χ0n) is 10.9. The van der Waals surface area contributed by atoms with Crippen LogP contribution < -0.4 is 5.32 Å². The van der Waals surface area contributed by atoms with Crippen LogP contribution in [0.4, 0.5) is 5.69 Å². The first-order chi connectivity index (χ1) is 9.59. The van der Waals surface area contributed by atoms with Gasteiger partial charge in [0.15, 0.2) is 0 Å². The molecule has 0 aromatic heterocycles. The van der Waals surface area contributed by atoms with Gasteiger partial charge in [-0.2, -0.15) is 0 Å². The lowest BCUT2D eigenvalue weighted by Gasteiger charge is -2.11. The maximum Gasteiger partial charge on any atom is 0.343 e. The number of ether oxygens (including phenoxy) is 1. The smallest absolute Gasteiger partial charge is 0.343 e. The van der Waals surface area contributed by atoms with Gasteiger partial charge in [-0.15, -0.1) is 0 Å². The third kappa shape index (κ3) is 3.31. The molecular weight excluding hydrogens is 264 g/mol. The second kappa shape index (κ2) is 6.44. The topological polar surface area (TPSA) is 102 Å². The van der Waals surface area contributed by atoms with E-state index in [4.69, 9.17) is 9.84 Å². The first kappa shape index (κ1) is 14.4. The average molecular weight is 280 g/mol. The molecule has 0 bridgehead atoms. The van der Waals surface area contributed by atoms with E-state index in [1.807, 2.05) is 0 Å². The number of nitrogens with one attached hydrogen (secondary N) is 1. The third-order valence-corrected chi connectivity index (χ3v) is 3.31. The van der Waals surface area contributed by atoms with Crippen molar-refractivity contribution in [3.05, 3.63) is 39.4 Å². The van der Waals surface area contributed by atoms with E-state index >= 15 is 0 Å². The number of carboxylic acid groups (broad SMARTS) is 1. The van der Waals surface area contributed by atoms with Gasteiger partial charge in [0.2, 0.25) is 0 Å². The number of nitro groups is 1. The summed E-state index contributed by atoms with van der Waals surface area (Å²) in [5.41, 5.74) is -0.195. The van der Waals surface area contributed by atoms with Crippen molar-refractivity contribution in [2.75, 3.05) is 19.8 Å². The lowest BCUT2D eigenvalue weighted by molar-refractivity contribution is -0.385. The highest BCUT2D eigenvalue weighted by molar-refractivity contribution is 5.94. The molecule has 108 valence electrons. The molecule has 0 radical (unpaired) electrons. The maximum absolute atomic E-state index is 11.2. The normalized spacial score (nSPS) is 18.1. The van der Waals surface area contributed by atoms with Crippen LogP contribution in [0.2, 0.25) is 0 Å². The highest BCUT2D eigenvalue weighted by Gasteiger charge is 2.23. The van der Waals surface area contributed by atoms with Crippen molar-refractivity contribution in [1.29, 1.82) is 0 Å². The number of hydrogen-bond donors (Lipinski definition) is 2. The molecule has 0 spiro atoms. The van der Waals surface area contributed by atoms with E-state index in [9.17, 15) is 14.9 Å². The number of aromatic carboxylic acids is 1. The Bertz CT molecular complexity index is 511.